The second-order valence-electron chi connectivity index (χ2n) is 7.17. The molecular formula is C23H26N4O4S. The minimum Gasteiger partial charge on any atom is -0.497 e. The highest BCUT2D eigenvalue weighted by atomic mass is 32.1. The number of hydrogen-bond acceptors (Lipinski definition) is 7. The number of carbonyl (C=O) groups is 2. The monoisotopic (exact) mass is 454 g/mol. The number of aryl methyl sites for hydroxylation is 1. The second kappa shape index (κ2) is 11.9. The van der Waals surface area contributed by atoms with Gasteiger partial charge in [-0.3, -0.25) is 9.59 Å². The normalized spacial score (nSPS) is 11.6. The van der Waals surface area contributed by atoms with E-state index in [1.165, 1.54) is 5.56 Å². The lowest BCUT2D eigenvalue weighted by Gasteiger charge is -2.13. The molecule has 1 aromatic heterocycles. The highest BCUT2D eigenvalue weighted by molar-refractivity contribution is 7.13. The van der Waals surface area contributed by atoms with Crippen molar-refractivity contribution < 1.29 is 19.1 Å². The van der Waals surface area contributed by atoms with Gasteiger partial charge < -0.3 is 20.1 Å². The molecule has 0 radical (unpaired) electrons. The third-order valence-electron chi connectivity index (χ3n) is 4.58. The zero-order valence-corrected chi connectivity index (χ0v) is 18.9. The molecule has 0 fully saturated rings. The van der Waals surface area contributed by atoms with E-state index < -0.39 is 0 Å². The first kappa shape index (κ1) is 23.4. The molecule has 0 aliphatic rings. The Morgan fingerprint density at radius 1 is 1.06 bits per heavy atom. The number of aromatic nitrogens is 2. The molecule has 2 N–H and O–H groups in total. The Morgan fingerprint density at radius 2 is 1.81 bits per heavy atom. The van der Waals surface area contributed by atoms with E-state index in [1.807, 2.05) is 25.1 Å². The number of carbonyl (C=O) groups excluding carboxylic acids is 2. The molecule has 2 amide bonds. The molecule has 3 rings (SSSR count). The van der Waals surface area contributed by atoms with Gasteiger partial charge in [-0.25, -0.2) is 0 Å². The first-order valence-corrected chi connectivity index (χ1v) is 11.0. The van der Waals surface area contributed by atoms with Gasteiger partial charge in [0.2, 0.25) is 10.9 Å². The van der Waals surface area contributed by atoms with Gasteiger partial charge in [-0.2, -0.15) is 0 Å². The summed E-state index contributed by atoms with van der Waals surface area (Å²) in [6.45, 7) is 2.00. The van der Waals surface area contributed by atoms with Crippen molar-refractivity contribution in [1.82, 2.24) is 15.5 Å². The predicted octanol–water partition coefficient (Wildman–Crippen LogP) is 3.45. The minimum absolute atomic E-state index is 0.0427. The van der Waals surface area contributed by atoms with Crippen molar-refractivity contribution in [1.29, 1.82) is 0 Å². The van der Waals surface area contributed by atoms with Crippen LogP contribution in [0, 0.1) is 0 Å². The van der Waals surface area contributed by atoms with Crippen molar-refractivity contribution in [2.24, 2.45) is 0 Å². The van der Waals surface area contributed by atoms with Gasteiger partial charge in [0, 0.05) is 11.7 Å². The van der Waals surface area contributed by atoms with Gasteiger partial charge >= 0.3 is 0 Å². The maximum atomic E-state index is 12.3. The molecule has 0 bridgehead atoms. The summed E-state index contributed by atoms with van der Waals surface area (Å²) in [6.07, 6.45) is 1.74. The fourth-order valence-corrected chi connectivity index (χ4v) is 3.58. The van der Waals surface area contributed by atoms with E-state index in [0.29, 0.717) is 16.4 Å². The smallest absolute Gasteiger partial charge is 0.286 e. The molecule has 2 aromatic carbocycles. The standard InChI is InChI=1S/C23H26N4O4S/c1-16(8-9-17-6-4-3-5-7-17)24-20(28)14-31-15-21-26-27-23(32-21)22(29)25-18-10-12-19(30-2)13-11-18/h3-7,10-13,16H,8-9,14-15H2,1-2H3,(H,24,28)(H,25,29)/t16-/m0/s1. The van der Waals surface area contributed by atoms with E-state index in [4.69, 9.17) is 9.47 Å². The number of benzene rings is 2. The number of nitrogens with zero attached hydrogens (tertiary/aromatic N) is 2. The number of anilines is 1. The number of nitrogens with one attached hydrogen (secondary N) is 2. The second-order valence-corrected chi connectivity index (χ2v) is 8.23. The van der Waals surface area contributed by atoms with E-state index in [0.717, 1.165) is 24.2 Å². The zero-order valence-electron chi connectivity index (χ0n) is 18.0. The van der Waals surface area contributed by atoms with Crippen molar-refractivity contribution in [3.8, 4) is 5.75 Å². The molecule has 32 heavy (non-hydrogen) atoms. The summed E-state index contributed by atoms with van der Waals surface area (Å²) in [7, 11) is 1.58. The van der Waals surface area contributed by atoms with Gasteiger partial charge in [0.1, 0.15) is 24.0 Å². The largest absolute Gasteiger partial charge is 0.497 e. The van der Waals surface area contributed by atoms with Crippen molar-refractivity contribution in [3.63, 3.8) is 0 Å². The van der Waals surface area contributed by atoms with Crippen LogP contribution in [-0.2, 0) is 22.6 Å². The summed E-state index contributed by atoms with van der Waals surface area (Å²) in [5.41, 5.74) is 1.87. The van der Waals surface area contributed by atoms with Gasteiger partial charge in [-0.05, 0) is 49.6 Å². The van der Waals surface area contributed by atoms with Gasteiger partial charge in [0.05, 0.1) is 7.11 Å². The lowest BCUT2D eigenvalue weighted by molar-refractivity contribution is -0.126. The quantitative estimate of drug-likeness (QED) is 0.460. The zero-order chi connectivity index (χ0) is 22.8. The fraction of sp³-hybridized carbons (Fsp3) is 0.304. The topological polar surface area (TPSA) is 102 Å². The van der Waals surface area contributed by atoms with Crippen molar-refractivity contribution >= 4 is 28.8 Å². The van der Waals surface area contributed by atoms with Crippen LogP contribution < -0.4 is 15.4 Å². The molecule has 0 spiro atoms. The van der Waals surface area contributed by atoms with E-state index in [2.05, 4.69) is 33.0 Å². The first-order chi connectivity index (χ1) is 15.5. The number of amides is 2. The molecular weight excluding hydrogens is 428 g/mol. The minimum atomic E-state index is -0.357. The van der Waals surface area contributed by atoms with E-state index in [9.17, 15) is 9.59 Å². The Kier molecular flexibility index (Phi) is 8.70. The van der Waals surface area contributed by atoms with Crippen molar-refractivity contribution in [2.75, 3.05) is 19.0 Å². The molecule has 0 unspecified atom stereocenters. The lowest BCUT2D eigenvalue weighted by atomic mass is 10.1. The Morgan fingerprint density at radius 3 is 2.53 bits per heavy atom. The van der Waals surface area contributed by atoms with Crippen LogP contribution in [0.25, 0.3) is 0 Å². The van der Waals surface area contributed by atoms with Gasteiger partial charge in [-0.15, -0.1) is 10.2 Å². The molecule has 1 heterocycles. The highest BCUT2D eigenvalue weighted by Crippen LogP contribution is 2.17. The van der Waals surface area contributed by atoms with Gasteiger partial charge in [-0.1, -0.05) is 41.7 Å². The van der Waals surface area contributed by atoms with Gasteiger partial charge in [0.25, 0.3) is 5.91 Å². The summed E-state index contributed by atoms with van der Waals surface area (Å²) in [5, 5.41) is 14.3. The molecule has 0 saturated carbocycles. The molecule has 1 atom stereocenters. The van der Waals surface area contributed by atoms with Crippen LogP contribution in [0.1, 0.15) is 33.7 Å². The van der Waals surface area contributed by atoms with Crippen molar-refractivity contribution in [2.45, 2.75) is 32.4 Å². The van der Waals surface area contributed by atoms with E-state index >= 15 is 0 Å². The summed E-state index contributed by atoms with van der Waals surface area (Å²) >= 11 is 1.12. The molecule has 0 aliphatic carbocycles. The Hall–Kier alpha value is -3.30. The maximum Gasteiger partial charge on any atom is 0.286 e. The van der Waals surface area contributed by atoms with Crippen LogP contribution in [0.4, 0.5) is 5.69 Å². The average Bonchev–Trinajstić information content (AvgIpc) is 3.28. The number of ether oxygens (including phenoxy) is 2. The number of hydrogen-bond donors (Lipinski definition) is 2. The summed E-state index contributed by atoms with van der Waals surface area (Å²) in [6, 6.07) is 17.2. The predicted molar refractivity (Wildman–Crippen MR) is 123 cm³/mol. The third-order valence-corrected chi connectivity index (χ3v) is 5.48. The maximum absolute atomic E-state index is 12.3. The van der Waals surface area contributed by atoms with E-state index in [1.54, 1.807) is 31.4 Å². The van der Waals surface area contributed by atoms with Crippen molar-refractivity contribution in [3.05, 3.63) is 70.2 Å². The first-order valence-electron chi connectivity index (χ1n) is 10.2. The van der Waals surface area contributed by atoms with Crippen LogP contribution >= 0.6 is 11.3 Å². The lowest BCUT2D eigenvalue weighted by Crippen LogP contribution is -2.35. The van der Waals surface area contributed by atoms with Crippen LogP contribution in [-0.4, -0.2) is 41.8 Å². The molecule has 0 saturated heterocycles. The fourth-order valence-electron chi connectivity index (χ4n) is 2.91. The summed E-state index contributed by atoms with van der Waals surface area (Å²) < 4.78 is 10.5. The molecule has 0 aliphatic heterocycles. The summed E-state index contributed by atoms with van der Waals surface area (Å²) in [5.74, 6) is 0.157. The van der Waals surface area contributed by atoms with E-state index in [-0.39, 0.29) is 36.1 Å². The SMILES string of the molecule is COc1ccc(NC(=O)c2nnc(COCC(=O)N[C@@H](C)CCc3ccccc3)s2)cc1. The Labute approximate surface area is 191 Å². The Balaban J connectivity index is 1.36. The average molecular weight is 455 g/mol. The van der Waals surface area contributed by atoms with Gasteiger partial charge in [0.15, 0.2) is 0 Å². The Bertz CT molecular complexity index is 1010. The molecule has 3 aromatic rings. The third kappa shape index (κ3) is 7.44. The highest BCUT2D eigenvalue weighted by Gasteiger charge is 2.14. The van der Waals surface area contributed by atoms with Crippen LogP contribution in [0.2, 0.25) is 0 Å². The number of methoxy groups -OCH3 is 1. The van der Waals surface area contributed by atoms with Crippen LogP contribution in [0.15, 0.2) is 54.6 Å². The number of rotatable bonds is 11. The molecule has 8 nitrogen and oxygen atoms in total. The van der Waals surface area contributed by atoms with Crippen LogP contribution in [0.5, 0.6) is 5.75 Å². The van der Waals surface area contributed by atoms with Crippen LogP contribution in [0.3, 0.4) is 0 Å². The molecule has 9 heteroatoms. The summed E-state index contributed by atoms with van der Waals surface area (Å²) in [4.78, 5) is 24.4. The molecule has 168 valence electrons.